The van der Waals surface area contributed by atoms with Crippen molar-refractivity contribution in [1.29, 1.82) is 0 Å². The molecule has 3 aromatic carbocycles. The van der Waals surface area contributed by atoms with Gasteiger partial charge >= 0.3 is 6.18 Å². The summed E-state index contributed by atoms with van der Waals surface area (Å²) in [6, 6.07) is 12.7. The van der Waals surface area contributed by atoms with Gasteiger partial charge in [-0.05, 0) is 48.0 Å². The third-order valence-corrected chi connectivity index (χ3v) is 8.22. The number of pyridine rings is 1. The van der Waals surface area contributed by atoms with E-state index >= 15 is 0 Å². The Morgan fingerprint density at radius 2 is 1.57 bits per heavy atom. The van der Waals surface area contributed by atoms with Crippen molar-refractivity contribution in [2.45, 2.75) is 12.7 Å². The molecule has 0 aliphatic heterocycles. The zero-order chi connectivity index (χ0) is 37.0. The minimum absolute atomic E-state index is 0.0191. The molecule has 5 rings (SSSR count). The van der Waals surface area contributed by atoms with Crippen molar-refractivity contribution in [2.24, 2.45) is 0 Å². The molecule has 51 heavy (non-hydrogen) atoms. The van der Waals surface area contributed by atoms with Crippen LogP contribution >= 0.6 is 23.2 Å². The predicted octanol–water partition coefficient (Wildman–Crippen LogP) is 7.84. The van der Waals surface area contributed by atoms with Crippen LogP contribution in [-0.4, -0.2) is 40.6 Å². The van der Waals surface area contributed by atoms with Gasteiger partial charge in [0.1, 0.15) is 17.1 Å². The summed E-state index contributed by atoms with van der Waals surface area (Å²) in [7, 11) is 2.76. The standard InChI is InChI=1S/C35H27Cl2F3N6O5/c1-5-26(47)42-20-12-10-18(11-13-20)17-46-32-19(14-21(33(46)49)28-29(36)24(50-3)15-25(51-4)30(28)37)16-41-34(45-32)44-31-22(35(38,39)40)8-7-9-23(31)43-27(48)6-2/h5-16H,1-2,17H2,3-4H3,(H,42,47)(H,43,48)(H,41,44,45). The molecule has 5 aromatic rings. The molecule has 0 fully saturated rings. The Morgan fingerprint density at radius 1 is 0.941 bits per heavy atom. The molecule has 2 heterocycles. The zero-order valence-electron chi connectivity index (χ0n) is 26.8. The van der Waals surface area contributed by atoms with Crippen LogP contribution in [0.2, 0.25) is 10.0 Å². The van der Waals surface area contributed by atoms with E-state index in [1.165, 1.54) is 43.2 Å². The van der Waals surface area contributed by atoms with Gasteiger partial charge in [-0.3, -0.25) is 19.0 Å². The summed E-state index contributed by atoms with van der Waals surface area (Å²) in [4.78, 5) is 47.0. The number of carbonyl (C=O) groups excluding carboxylic acids is 2. The number of hydrogen-bond donors (Lipinski definition) is 3. The van der Waals surface area contributed by atoms with Gasteiger partial charge in [0.05, 0.1) is 53.3 Å². The van der Waals surface area contributed by atoms with Crippen LogP contribution in [0.5, 0.6) is 11.5 Å². The quantitative estimate of drug-likeness (QED) is 0.117. The molecule has 2 amide bonds. The van der Waals surface area contributed by atoms with Crippen LogP contribution in [0.15, 0.2) is 90.9 Å². The second-order valence-corrected chi connectivity index (χ2v) is 11.4. The third-order valence-electron chi connectivity index (χ3n) is 7.47. The first-order valence-corrected chi connectivity index (χ1v) is 15.5. The molecular weight excluding hydrogens is 712 g/mol. The van der Waals surface area contributed by atoms with Crippen LogP contribution in [0.4, 0.5) is 36.2 Å². The van der Waals surface area contributed by atoms with E-state index in [0.717, 1.165) is 24.3 Å². The summed E-state index contributed by atoms with van der Waals surface area (Å²) >= 11 is 13.4. The topological polar surface area (TPSA) is 136 Å². The normalized spacial score (nSPS) is 11.1. The van der Waals surface area contributed by atoms with E-state index in [1.807, 2.05) is 0 Å². The Labute approximate surface area is 298 Å². The number of alkyl halides is 3. The molecule has 0 aliphatic carbocycles. The van der Waals surface area contributed by atoms with Crippen molar-refractivity contribution in [3.8, 4) is 22.6 Å². The molecule has 0 radical (unpaired) electrons. The predicted molar refractivity (Wildman–Crippen MR) is 190 cm³/mol. The lowest BCUT2D eigenvalue weighted by atomic mass is 10.0. The number of rotatable bonds is 11. The number of nitrogens with zero attached hydrogens (tertiary/aromatic N) is 3. The maximum atomic E-state index is 14.4. The minimum atomic E-state index is -4.83. The number of methoxy groups -OCH3 is 2. The number of benzene rings is 3. The van der Waals surface area contributed by atoms with Crippen molar-refractivity contribution in [1.82, 2.24) is 14.5 Å². The smallest absolute Gasteiger partial charge is 0.418 e. The lowest BCUT2D eigenvalue weighted by Gasteiger charge is -2.19. The number of anilines is 4. The summed E-state index contributed by atoms with van der Waals surface area (Å²) in [5.74, 6) is -1.14. The van der Waals surface area contributed by atoms with Gasteiger partial charge in [0.15, 0.2) is 0 Å². The molecule has 0 saturated carbocycles. The molecule has 0 unspecified atom stereocenters. The molecule has 262 valence electrons. The van der Waals surface area contributed by atoms with Gasteiger partial charge in [-0.2, -0.15) is 18.2 Å². The van der Waals surface area contributed by atoms with E-state index in [4.69, 9.17) is 32.7 Å². The highest BCUT2D eigenvalue weighted by Crippen LogP contribution is 2.45. The van der Waals surface area contributed by atoms with Gasteiger partial charge in [0, 0.05) is 28.9 Å². The molecule has 0 saturated heterocycles. The number of para-hydroxylation sites is 1. The van der Waals surface area contributed by atoms with Crippen molar-refractivity contribution >= 4 is 69.1 Å². The number of halogens is 5. The molecule has 11 nitrogen and oxygen atoms in total. The van der Waals surface area contributed by atoms with E-state index in [2.05, 4.69) is 39.1 Å². The first-order valence-electron chi connectivity index (χ1n) is 14.7. The Bertz CT molecular complexity index is 2230. The molecular formula is C35H27Cl2F3N6O5. The van der Waals surface area contributed by atoms with Crippen LogP contribution in [0.3, 0.4) is 0 Å². The number of ether oxygens (including phenoxy) is 2. The fourth-order valence-electron chi connectivity index (χ4n) is 5.06. The van der Waals surface area contributed by atoms with E-state index < -0.39 is 34.8 Å². The van der Waals surface area contributed by atoms with Crippen molar-refractivity contribution in [3.63, 3.8) is 0 Å². The van der Waals surface area contributed by atoms with Gasteiger partial charge in [0.25, 0.3) is 5.56 Å². The average Bonchev–Trinajstić information content (AvgIpc) is 3.11. The number of hydrogen-bond acceptors (Lipinski definition) is 8. The highest BCUT2D eigenvalue weighted by molar-refractivity contribution is 6.41. The van der Waals surface area contributed by atoms with Gasteiger partial charge in [-0.1, -0.05) is 54.6 Å². The fraction of sp³-hybridized carbons (Fsp3) is 0.114. The van der Waals surface area contributed by atoms with E-state index in [-0.39, 0.29) is 61.9 Å². The van der Waals surface area contributed by atoms with Crippen LogP contribution in [0.25, 0.3) is 22.2 Å². The second-order valence-electron chi connectivity index (χ2n) is 10.6. The average molecular weight is 740 g/mol. The van der Waals surface area contributed by atoms with Gasteiger partial charge in [-0.25, -0.2) is 4.98 Å². The SMILES string of the molecule is C=CC(=O)Nc1ccc(Cn2c(=O)c(-c3c(Cl)c(OC)cc(OC)c3Cl)cc3cnc(Nc4c(NC(=O)C=C)cccc4C(F)(F)F)nc32)cc1. The number of amides is 2. The Hall–Kier alpha value is -5.86. The number of carbonyl (C=O) groups is 2. The first kappa shape index (κ1) is 36.4. The highest BCUT2D eigenvalue weighted by Gasteiger charge is 2.35. The zero-order valence-corrected chi connectivity index (χ0v) is 28.3. The lowest BCUT2D eigenvalue weighted by molar-refractivity contribution is -0.137. The largest absolute Gasteiger partial charge is 0.495 e. The molecule has 0 spiro atoms. The maximum Gasteiger partial charge on any atom is 0.418 e. The molecule has 0 bridgehead atoms. The van der Waals surface area contributed by atoms with Crippen LogP contribution in [0, 0.1) is 0 Å². The van der Waals surface area contributed by atoms with E-state index in [9.17, 15) is 27.6 Å². The van der Waals surface area contributed by atoms with Crippen molar-refractivity contribution in [3.05, 3.63) is 118 Å². The second kappa shape index (κ2) is 14.9. The van der Waals surface area contributed by atoms with Crippen LogP contribution in [0.1, 0.15) is 11.1 Å². The Kier molecular flexibility index (Phi) is 10.7. The Balaban J connectivity index is 1.73. The van der Waals surface area contributed by atoms with Gasteiger partial charge in [-0.15, -0.1) is 0 Å². The van der Waals surface area contributed by atoms with E-state index in [0.29, 0.717) is 11.3 Å². The molecule has 16 heteroatoms. The summed E-state index contributed by atoms with van der Waals surface area (Å²) in [5.41, 5.74) is -1.31. The molecule has 3 N–H and O–H groups in total. The summed E-state index contributed by atoms with van der Waals surface area (Å²) in [5, 5.41) is 7.88. The number of aromatic nitrogens is 3. The van der Waals surface area contributed by atoms with Crippen molar-refractivity contribution in [2.75, 3.05) is 30.2 Å². The fourth-order valence-corrected chi connectivity index (χ4v) is 5.76. The van der Waals surface area contributed by atoms with Gasteiger partial charge in [0.2, 0.25) is 17.8 Å². The summed E-state index contributed by atoms with van der Waals surface area (Å²) < 4.78 is 54.5. The van der Waals surface area contributed by atoms with E-state index in [1.54, 1.807) is 24.3 Å². The molecule has 0 aliphatic rings. The Morgan fingerprint density at radius 3 is 2.16 bits per heavy atom. The monoisotopic (exact) mass is 738 g/mol. The number of nitrogens with one attached hydrogen (secondary N) is 3. The molecule has 0 atom stereocenters. The molecule has 2 aromatic heterocycles. The first-order chi connectivity index (χ1) is 24.3. The lowest BCUT2D eigenvalue weighted by Crippen LogP contribution is -2.24. The summed E-state index contributed by atoms with van der Waals surface area (Å²) in [6.45, 7) is 6.67. The van der Waals surface area contributed by atoms with Crippen molar-refractivity contribution < 1.29 is 32.2 Å². The third kappa shape index (κ3) is 7.66. The minimum Gasteiger partial charge on any atom is -0.495 e. The summed E-state index contributed by atoms with van der Waals surface area (Å²) in [6.07, 6.45) is -1.51. The highest BCUT2D eigenvalue weighted by atomic mass is 35.5. The van der Waals surface area contributed by atoms with Gasteiger partial charge < -0.3 is 25.4 Å². The maximum absolute atomic E-state index is 14.4. The van der Waals surface area contributed by atoms with Crippen LogP contribution < -0.4 is 31.0 Å². The van der Waals surface area contributed by atoms with Crippen LogP contribution in [-0.2, 0) is 22.3 Å². The number of fused-ring (bicyclic) bond motifs is 1.